The van der Waals surface area contributed by atoms with Gasteiger partial charge < -0.3 is 21.1 Å². The molecule has 2 atom stereocenters. The number of benzene rings is 1. The van der Waals surface area contributed by atoms with Gasteiger partial charge in [-0.05, 0) is 52.7 Å². The van der Waals surface area contributed by atoms with Gasteiger partial charge in [-0.15, -0.1) is 0 Å². The summed E-state index contributed by atoms with van der Waals surface area (Å²) in [7, 11) is 0. The van der Waals surface area contributed by atoms with E-state index in [1.165, 1.54) is 0 Å². The van der Waals surface area contributed by atoms with E-state index < -0.39 is 0 Å². The molecule has 1 heterocycles. The van der Waals surface area contributed by atoms with Crippen molar-refractivity contribution in [1.82, 2.24) is 15.3 Å². The van der Waals surface area contributed by atoms with Gasteiger partial charge in [-0.1, -0.05) is 24.5 Å². The van der Waals surface area contributed by atoms with Crippen LogP contribution in [0.3, 0.4) is 0 Å². The van der Waals surface area contributed by atoms with Crippen LogP contribution in [0.5, 0.6) is 0 Å². The van der Waals surface area contributed by atoms with E-state index in [-0.39, 0.29) is 29.9 Å². The Morgan fingerprint density at radius 1 is 1.29 bits per heavy atom. The molecule has 0 unspecified atom stereocenters. The molecule has 1 saturated carbocycles. The predicted molar refractivity (Wildman–Crippen MR) is 125 cm³/mol. The minimum Gasteiger partial charge on any atom is -0.388 e. The molecule has 1 aliphatic carbocycles. The van der Waals surface area contributed by atoms with Crippen LogP contribution in [0.25, 0.3) is 10.9 Å². The number of nitrogens with two attached hydrogens (primary N) is 1. The highest BCUT2D eigenvalue weighted by atomic mass is 16.5. The summed E-state index contributed by atoms with van der Waals surface area (Å²) >= 11 is 0. The number of carbonyl (C=O) groups excluding carboxylic acids is 1. The molecule has 4 N–H and O–H groups in total. The van der Waals surface area contributed by atoms with E-state index in [9.17, 15) is 4.79 Å². The summed E-state index contributed by atoms with van der Waals surface area (Å²) < 4.78 is 5.49. The SMILES string of the molecule is CC(N)=N[C@@H]1CCCC[C@@H]1Nc1nc(C(=O)NCCOC(C)C)nc2ccc(C)cc12. The maximum atomic E-state index is 12.7. The average Bonchev–Trinajstić information content (AvgIpc) is 2.72. The van der Waals surface area contributed by atoms with E-state index in [2.05, 4.69) is 25.6 Å². The van der Waals surface area contributed by atoms with E-state index in [0.717, 1.165) is 42.1 Å². The van der Waals surface area contributed by atoms with Gasteiger partial charge >= 0.3 is 0 Å². The van der Waals surface area contributed by atoms with E-state index in [4.69, 9.17) is 10.5 Å². The van der Waals surface area contributed by atoms with Crippen molar-refractivity contribution in [3.8, 4) is 0 Å². The van der Waals surface area contributed by atoms with Crippen LogP contribution in [-0.2, 0) is 4.74 Å². The maximum absolute atomic E-state index is 12.7. The fraction of sp³-hybridized carbons (Fsp3) is 0.565. The standard InChI is InChI=1S/C23H34N6O2/c1-14(2)31-12-11-25-23(30)22-27-18-10-9-15(3)13-17(18)21(29-22)28-20-8-6-5-7-19(20)26-16(4)24/h9-10,13-14,19-20H,5-8,11-12H2,1-4H3,(H2,24,26)(H,25,30)(H,27,28,29)/t19-,20+/m1/s1. The minimum atomic E-state index is -0.311. The third-order valence-electron chi connectivity index (χ3n) is 5.31. The van der Waals surface area contributed by atoms with Crippen molar-refractivity contribution in [3.05, 3.63) is 29.6 Å². The van der Waals surface area contributed by atoms with Gasteiger partial charge in [-0.25, -0.2) is 9.97 Å². The summed E-state index contributed by atoms with van der Waals surface area (Å²) in [6.07, 6.45) is 4.34. The number of aryl methyl sites for hydroxylation is 1. The average molecular weight is 427 g/mol. The second-order valence-corrected chi connectivity index (χ2v) is 8.46. The number of carbonyl (C=O) groups is 1. The predicted octanol–water partition coefficient (Wildman–Crippen LogP) is 3.19. The summed E-state index contributed by atoms with van der Waals surface area (Å²) in [5.41, 5.74) is 7.71. The fourth-order valence-corrected chi connectivity index (χ4v) is 3.86. The molecular weight excluding hydrogens is 392 g/mol. The number of aromatic nitrogens is 2. The molecule has 1 aromatic carbocycles. The van der Waals surface area contributed by atoms with Crippen LogP contribution in [0, 0.1) is 6.92 Å². The highest BCUT2D eigenvalue weighted by molar-refractivity contribution is 5.96. The lowest BCUT2D eigenvalue weighted by Gasteiger charge is -2.30. The number of aliphatic imine (C=N–C) groups is 1. The van der Waals surface area contributed by atoms with Crippen LogP contribution >= 0.6 is 0 Å². The van der Waals surface area contributed by atoms with Gasteiger partial charge in [0, 0.05) is 18.0 Å². The Hall–Kier alpha value is -2.74. The Morgan fingerprint density at radius 2 is 2.06 bits per heavy atom. The lowest BCUT2D eigenvalue weighted by atomic mass is 9.90. The molecular formula is C23H34N6O2. The quantitative estimate of drug-likeness (QED) is 0.339. The number of hydrogen-bond acceptors (Lipinski definition) is 6. The second kappa shape index (κ2) is 10.5. The summed E-state index contributed by atoms with van der Waals surface area (Å²) in [4.78, 5) is 26.4. The first kappa shape index (κ1) is 22.9. The van der Waals surface area contributed by atoms with Gasteiger partial charge in [-0.2, -0.15) is 0 Å². The molecule has 0 radical (unpaired) electrons. The maximum Gasteiger partial charge on any atom is 0.289 e. The number of amidine groups is 1. The normalized spacial score (nSPS) is 19.6. The molecule has 1 fully saturated rings. The largest absolute Gasteiger partial charge is 0.388 e. The summed E-state index contributed by atoms with van der Waals surface area (Å²) in [6.45, 7) is 8.63. The minimum absolute atomic E-state index is 0.0963. The monoisotopic (exact) mass is 426 g/mol. The van der Waals surface area contributed by atoms with Gasteiger partial charge in [0.1, 0.15) is 5.82 Å². The molecule has 0 aliphatic heterocycles. The van der Waals surface area contributed by atoms with Gasteiger partial charge in [0.25, 0.3) is 5.91 Å². The fourth-order valence-electron chi connectivity index (χ4n) is 3.86. The molecule has 168 valence electrons. The number of fused-ring (bicyclic) bond motifs is 1. The zero-order chi connectivity index (χ0) is 22.4. The van der Waals surface area contributed by atoms with Gasteiger partial charge in [0.05, 0.1) is 30.1 Å². The van der Waals surface area contributed by atoms with E-state index in [1.54, 1.807) is 0 Å². The Balaban J connectivity index is 1.87. The van der Waals surface area contributed by atoms with Crippen LogP contribution < -0.4 is 16.4 Å². The topological polar surface area (TPSA) is 115 Å². The van der Waals surface area contributed by atoms with Crippen molar-refractivity contribution in [1.29, 1.82) is 0 Å². The summed E-state index contributed by atoms with van der Waals surface area (Å²) in [5, 5.41) is 7.31. The zero-order valence-corrected chi connectivity index (χ0v) is 18.9. The lowest BCUT2D eigenvalue weighted by molar-refractivity contribution is 0.0743. The Labute approximate surface area is 184 Å². The van der Waals surface area contributed by atoms with Crippen LogP contribution in [0.2, 0.25) is 0 Å². The highest BCUT2D eigenvalue weighted by Crippen LogP contribution is 2.28. The molecule has 1 aliphatic rings. The molecule has 8 nitrogen and oxygen atoms in total. The van der Waals surface area contributed by atoms with E-state index in [0.29, 0.717) is 24.8 Å². The number of nitrogens with one attached hydrogen (secondary N) is 2. The number of rotatable bonds is 8. The first-order chi connectivity index (χ1) is 14.8. The molecule has 1 aromatic heterocycles. The third-order valence-corrected chi connectivity index (χ3v) is 5.31. The number of amides is 1. The van der Waals surface area contributed by atoms with Crippen molar-refractivity contribution in [2.75, 3.05) is 18.5 Å². The molecule has 0 spiro atoms. The van der Waals surface area contributed by atoms with Crippen molar-refractivity contribution in [2.24, 2.45) is 10.7 Å². The Kier molecular flexibility index (Phi) is 7.79. The van der Waals surface area contributed by atoms with Crippen molar-refractivity contribution in [3.63, 3.8) is 0 Å². The first-order valence-electron chi connectivity index (χ1n) is 11.1. The molecule has 3 rings (SSSR count). The van der Waals surface area contributed by atoms with Crippen LogP contribution in [0.15, 0.2) is 23.2 Å². The molecule has 8 heteroatoms. The van der Waals surface area contributed by atoms with Crippen LogP contribution in [0.4, 0.5) is 5.82 Å². The smallest absolute Gasteiger partial charge is 0.289 e. The number of hydrogen-bond donors (Lipinski definition) is 3. The Bertz CT molecular complexity index is 939. The first-order valence-corrected chi connectivity index (χ1v) is 11.1. The third kappa shape index (κ3) is 6.37. The molecule has 2 aromatic rings. The van der Waals surface area contributed by atoms with Crippen LogP contribution in [-0.4, -0.2) is 53.1 Å². The van der Waals surface area contributed by atoms with Crippen molar-refractivity contribution in [2.45, 2.75) is 71.6 Å². The second-order valence-electron chi connectivity index (χ2n) is 8.46. The molecule has 1 amide bonds. The number of anilines is 1. The van der Waals surface area contributed by atoms with Gasteiger partial charge in [0.2, 0.25) is 5.82 Å². The molecule has 0 bridgehead atoms. The summed E-state index contributed by atoms with van der Waals surface area (Å²) in [6, 6.07) is 6.17. The highest BCUT2D eigenvalue weighted by Gasteiger charge is 2.26. The lowest BCUT2D eigenvalue weighted by Crippen LogP contribution is -2.37. The number of nitrogens with zero attached hydrogens (tertiary/aromatic N) is 3. The van der Waals surface area contributed by atoms with E-state index in [1.807, 2.05) is 45.9 Å². The van der Waals surface area contributed by atoms with Gasteiger partial charge in [-0.3, -0.25) is 9.79 Å². The van der Waals surface area contributed by atoms with Crippen LogP contribution in [0.1, 0.15) is 62.6 Å². The van der Waals surface area contributed by atoms with Crippen molar-refractivity contribution >= 4 is 28.5 Å². The summed E-state index contributed by atoms with van der Waals surface area (Å²) in [5.74, 6) is 1.09. The Morgan fingerprint density at radius 3 is 2.81 bits per heavy atom. The van der Waals surface area contributed by atoms with Crippen molar-refractivity contribution < 1.29 is 9.53 Å². The number of ether oxygens (including phenoxy) is 1. The zero-order valence-electron chi connectivity index (χ0n) is 18.9. The molecule has 31 heavy (non-hydrogen) atoms. The van der Waals surface area contributed by atoms with E-state index >= 15 is 0 Å². The van der Waals surface area contributed by atoms with Gasteiger partial charge in [0.15, 0.2) is 0 Å². The molecule has 0 saturated heterocycles.